The lowest BCUT2D eigenvalue weighted by Crippen LogP contribution is -2.53. The van der Waals surface area contributed by atoms with Crippen molar-refractivity contribution >= 4 is 68.2 Å². The lowest BCUT2D eigenvalue weighted by molar-refractivity contribution is -0.136. The van der Waals surface area contributed by atoms with Gasteiger partial charge in [0.15, 0.2) is 5.82 Å². The maximum Gasteiger partial charge on any atom is 0.255 e. The molecule has 19 heteroatoms. The normalized spacial score (nSPS) is 18.8. The molecule has 340 valence electrons. The zero-order chi connectivity index (χ0) is 45.1. The zero-order valence-corrected chi connectivity index (χ0v) is 37.9. The van der Waals surface area contributed by atoms with E-state index in [1.807, 2.05) is 12.1 Å². The van der Waals surface area contributed by atoms with Gasteiger partial charge in [0.2, 0.25) is 27.8 Å². The Hall–Kier alpha value is -5.53. The Morgan fingerprint density at radius 1 is 0.922 bits per heavy atom. The summed E-state index contributed by atoms with van der Waals surface area (Å²) in [6.45, 7) is 9.41. The Bertz CT molecular complexity index is 2530. The van der Waals surface area contributed by atoms with Crippen LogP contribution in [-0.2, 0) is 44.8 Å². The molecule has 0 aliphatic carbocycles. The maximum atomic E-state index is 13.1. The van der Waals surface area contributed by atoms with Crippen LogP contribution in [0.25, 0.3) is 0 Å². The molecule has 3 aromatic carbocycles. The monoisotopic (exact) mass is 914 g/mol. The number of nitrogens with two attached hydrogens (primary N) is 1. The van der Waals surface area contributed by atoms with Crippen molar-refractivity contribution in [3.05, 3.63) is 87.6 Å². The largest absolute Gasteiger partial charge is 0.496 e. The lowest BCUT2D eigenvalue weighted by atomic mass is 9.99. The molecule has 5 heterocycles. The van der Waals surface area contributed by atoms with Gasteiger partial charge < -0.3 is 34.8 Å². The highest BCUT2D eigenvalue weighted by Gasteiger charge is 2.39. The first-order valence-electron chi connectivity index (χ1n) is 21.7. The molecule has 4 aliphatic rings. The summed E-state index contributed by atoms with van der Waals surface area (Å²) in [7, 11) is -0.781. The number of sulfonamides is 1. The average Bonchev–Trinajstić information content (AvgIpc) is 3.61. The number of benzene rings is 3. The third-order valence-corrected chi connectivity index (χ3v) is 13.7. The second kappa shape index (κ2) is 19.3. The number of aryl methyl sites for hydroxylation is 1. The predicted octanol–water partition coefficient (Wildman–Crippen LogP) is 4.58. The first-order valence-corrected chi connectivity index (χ1v) is 23.8. The van der Waals surface area contributed by atoms with Crippen molar-refractivity contribution in [2.24, 2.45) is 5.14 Å². The van der Waals surface area contributed by atoms with Crippen molar-refractivity contribution in [3.8, 4) is 11.5 Å². The van der Waals surface area contributed by atoms with E-state index in [9.17, 15) is 22.8 Å². The van der Waals surface area contributed by atoms with E-state index < -0.39 is 21.8 Å². The lowest BCUT2D eigenvalue weighted by Gasteiger charge is -2.43. The summed E-state index contributed by atoms with van der Waals surface area (Å²) in [4.78, 5) is 55.5. The topological polar surface area (TPSA) is 205 Å². The van der Waals surface area contributed by atoms with Gasteiger partial charge in [0.05, 0.1) is 31.9 Å². The molecule has 3 saturated heterocycles. The van der Waals surface area contributed by atoms with E-state index in [4.69, 9.17) is 26.2 Å². The summed E-state index contributed by atoms with van der Waals surface area (Å²) in [5, 5.41) is 14.4. The fourth-order valence-corrected chi connectivity index (χ4v) is 10.2. The molecule has 0 bridgehead atoms. The van der Waals surface area contributed by atoms with Gasteiger partial charge in [-0.05, 0) is 73.1 Å². The van der Waals surface area contributed by atoms with Crippen LogP contribution < -0.4 is 35.5 Å². The molecule has 8 rings (SSSR count). The van der Waals surface area contributed by atoms with Crippen molar-refractivity contribution in [1.82, 2.24) is 30.0 Å². The standard InChI is InChI=1S/C45H55ClN10O7S/c1-4-29-23-36(50-45-48-25-34(46)42(52-45)49-35-6-5-7-39(62-2)33(35)27-64(47,60)61)40(63-3)24-38(29)55-16-13-31(14-17-55)54-20-18-53(19-21-54)15-12-28-8-9-32-30(22-28)26-56(44(32)59)37-10-11-41(57)51-43(37)58/h5-9,22-25,31,37H,4,10-21,26-27H2,1-3H3,(H2,47,60,61)(H,51,57,58)(H2,48,49,50,52). The van der Waals surface area contributed by atoms with Gasteiger partial charge in [-0.15, -0.1) is 0 Å². The molecular formula is C45H55ClN10O7S. The van der Waals surface area contributed by atoms with Gasteiger partial charge in [-0.2, -0.15) is 4.98 Å². The van der Waals surface area contributed by atoms with E-state index in [-0.39, 0.29) is 40.9 Å². The number of halogens is 1. The van der Waals surface area contributed by atoms with E-state index in [1.54, 1.807) is 30.2 Å². The number of methoxy groups -OCH3 is 2. The van der Waals surface area contributed by atoms with Crippen LogP contribution >= 0.6 is 11.6 Å². The molecule has 0 radical (unpaired) electrons. The van der Waals surface area contributed by atoms with Crippen molar-refractivity contribution in [3.63, 3.8) is 0 Å². The van der Waals surface area contributed by atoms with Gasteiger partial charge in [-0.3, -0.25) is 24.6 Å². The Labute approximate surface area is 378 Å². The van der Waals surface area contributed by atoms with Gasteiger partial charge in [0, 0.05) is 93.4 Å². The summed E-state index contributed by atoms with van der Waals surface area (Å²) >= 11 is 6.52. The Morgan fingerprint density at radius 2 is 1.69 bits per heavy atom. The summed E-state index contributed by atoms with van der Waals surface area (Å²) in [6, 6.07) is 15.2. The van der Waals surface area contributed by atoms with Gasteiger partial charge >= 0.3 is 0 Å². The van der Waals surface area contributed by atoms with Gasteiger partial charge in [0.25, 0.3) is 5.91 Å². The van der Waals surface area contributed by atoms with Crippen molar-refractivity contribution in [2.75, 3.05) is 75.6 Å². The summed E-state index contributed by atoms with van der Waals surface area (Å²) in [6.07, 6.45) is 5.89. The van der Waals surface area contributed by atoms with Crippen molar-refractivity contribution in [2.45, 2.75) is 69.8 Å². The number of piperidine rings is 2. The number of imide groups is 1. The molecule has 0 saturated carbocycles. The van der Waals surface area contributed by atoms with Gasteiger partial charge in [-0.1, -0.05) is 36.7 Å². The van der Waals surface area contributed by atoms with Crippen LogP contribution in [0.4, 0.5) is 28.8 Å². The van der Waals surface area contributed by atoms with Crippen LogP contribution in [0.1, 0.15) is 65.2 Å². The molecule has 3 amide bonds. The van der Waals surface area contributed by atoms with Gasteiger partial charge in [-0.25, -0.2) is 18.5 Å². The van der Waals surface area contributed by atoms with E-state index in [0.29, 0.717) is 53.0 Å². The number of carbonyl (C=O) groups excluding carboxylic acids is 3. The third kappa shape index (κ3) is 10.1. The number of hydrogen-bond donors (Lipinski definition) is 4. The number of nitrogens with one attached hydrogen (secondary N) is 3. The predicted molar refractivity (Wildman–Crippen MR) is 245 cm³/mol. The molecule has 1 unspecified atom stereocenters. The molecule has 0 spiro atoms. The molecule has 1 atom stereocenters. The number of anilines is 5. The second-order valence-electron chi connectivity index (χ2n) is 16.7. The Kier molecular flexibility index (Phi) is 13.6. The molecule has 64 heavy (non-hydrogen) atoms. The number of primary sulfonamides is 1. The highest BCUT2D eigenvalue weighted by Crippen LogP contribution is 2.38. The fraction of sp³-hybridized carbons (Fsp3) is 0.444. The summed E-state index contributed by atoms with van der Waals surface area (Å²) in [5.74, 6) is 0.258. The zero-order valence-electron chi connectivity index (χ0n) is 36.4. The van der Waals surface area contributed by atoms with Crippen molar-refractivity contribution in [1.29, 1.82) is 0 Å². The van der Waals surface area contributed by atoms with Crippen LogP contribution in [0.15, 0.2) is 54.7 Å². The quantitative estimate of drug-likeness (QED) is 0.121. The number of rotatable bonds is 15. The summed E-state index contributed by atoms with van der Waals surface area (Å²) < 4.78 is 35.4. The molecule has 5 N–H and O–H groups in total. The highest BCUT2D eigenvalue weighted by atomic mass is 35.5. The Morgan fingerprint density at radius 3 is 2.39 bits per heavy atom. The molecule has 3 fully saturated rings. The van der Waals surface area contributed by atoms with E-state index in [0.717, 1.165) is 88.3 Å². The van der Waals surface area contributed by atoms with E-state index in [2.05, 4.69) is 65.7 Å². The molecular weight excluding hydrogens is 860 g/mol. The smallest absolute Gasteiger partial charge is 0.255 e. The number of amides is 3. The molecule has 4 aliphatic heterocycles. The van der Waals surface area contributed by atoms with Gasteiger partial charge in [0.1, 0.15) is 22.6 Å². The average molecular weight is 916 g/mol. The van der Waals surface area contributed by atoms with Crippen LogP contribution in [0.3, 0.4) is 0 Å². The first kappa shape index (κ1) is 45.1. The van der Waals surface area contributed by atoms with Crippen molar-refractivity contribution < 1.29 is 32.3 Å². The number of nitrogens with zero attached hydrogens (tertiary/aromatic N) is 6. The number of aromatic nitrogens is 2. The minimum atomic E-state index is -3.87. The minimum absolute atomic E-state index is 0.140. The van der Waals surface area contributed by atoms with E-state index in [1.165, 1.54) is 18.9 Å². The third-order valence-electron chi connectivity index (χ3n) is 12.8. The van der Waals surface area contributed by atoms with Crippen LogP contribution in [0.5, 0.6) is 11.5 Å². The first-order chi connectivity index (χ1) is 30.8. The SMILES string of the molecule is CCc1cc(Nc2ncc(Cl)c(Nc3cccc(OC)c3CS(N)(=O)=O)n2)c(OC)cc1N1CCC(N2CCN(CCc3ccc4c(c3)CN(C3CCC(=O)NC3=O)C4=O)CC2)CC1. The number of ether oxygens (including phenoxy) is 2. The van der Waals surface area contributed by atoms with Crippen LogP contribution in [-0.4, -0.2) is 123 Å². The molecule has 4 aromatic rings. The van der Waals surface area contributed by atoms with Crippen LogP contribution in [0.2, 0.25) is 5.02 Å². The maximum absolute atomic E-state index is 13.1. The van der Waals surface area contributed by atoms with Crippen LogP contribution in [0, 0.1) is 0 Å². The molecule has 17 nitrogen and oxygen atoms in total. The second-order valence-corrected chi connectivity index (χ2v) is 18.7. The highest BCUT2D eigenvalue weighted by molar-refractivity contribution is 7.88. The summed E-state index contributed by atoms with van der Waals surface area (Å²) in [5.41, 5.74) is 6.55. The molecule has 1 aromatic heterocycles. The fourth-order valence-electron chi connectivity index (χ4n) is 9.34. The Balaban J connectivity index is 0.842. The van der Waals surface area contributed by atoms with E-state index >= 15 is 0 Å². The number of piperazine rings is 1. The minimum Gasteiger partial charge on any atom is -0.496 e. The number of carbonyl (C=O) groups is 3. The number of hydrogen-bond acceptors (Lipinski definition) is 14. The number of fused-ring (bicyclic) bond motifs is 1.